The van der Waals surface area contributed by atoms with Gasteiger partial charge in [0.15, 0.2) is 0 Å². The third kappa shape index (κ3) is 5.22. The number of hydrazone groups is 1. The summed E-state index contributed by atoms with van der Waals surface area (Å²) in [6, 6.07) is 12.8. The molecule has 22 heavy (non-hydrogen) atoms. The van der Waals surface area contributed by atoms with Crippen LogP contribution in [-0.2, 0) is 6.61 Å². The molecule has 0 saturated heterocycles. The van der Waals surface area contributed by atoms with Gasteiger partial charge in [0.25, 0.3) is 0 Å². The molecule has 6 heteroatoms. The lowest BCUT2D eigenvalue weighted by molar-refractivity contribution is 0.294. The van der Waals surface area contributed by atoms with E-state index in [9.17, 15) is 0 Å². The van der Waals surface area contributed by atoms with Crippen molar-refractivity contribution in [3.8, 4) is 5.75 Å². The van der Waals surface area contributed by atoms with E-state index in [0.717, 1.165) is 16.9 Å². The van der Waals surface area contributed by atoms with Crippen LogP contribution in [0.3, 0.4) is 0 Å². The molecule has 0 spiro atoms. The number of aliphatic hydroxyl groups is 1. The minimum Gasteiger partial charge on any atom is -0.489 e. The summed E-state index contributed by atoms with van der Waals surface area (Å²) in [6.07, 6.45) is 1.68. The molecular formula is C16H16Cl2N2O2. The van der Waals surface area contributed by atoms with Crippen molar-refractivity contribution in [2.75, 3.05) is 13.2 Å². The monoisotopic (exact) mass is 338 g/mol. The quantitative estimate of drug-likeness (QED) is 0.461. The molecule has 0 radical (unpaired) electrons. The van der Waals surface area contributed by atoms with E-state index in [2.05, 4.69) is 10.5 Å². The molecule has 0 amide bonds. The number of nitrogens with one attached hydrogen (secondary N) is 1. The Balaban J connectivity index is 1.89. The standard InChI is InChI=1S/C16H16Cl2N2O2/c17-14-4-3-13(16(18)9-14)11-22-15-5-1-12(2-6-15)10-20-19-7-8-21/h1-6,9-10,19,21H,7-8,11H2. The van der Waals surface area contributed by atoms with Crippen LogP contribution in [-0.4, -0.2) is 24.5 Å². The predicted molar refractivity (Wildman–Crippen MR) is 89.9 cm³/mol. The Hall–Kier alpha value is -1.75. The van der Waals surface area contributed by atoms with Crippen LogP contribution < -0.4 is 10.2 Å². The summed E-state index contributed by atoms with van der Waals surface area (Å²) in [5.41, 5.74) is 4.53. The highest BCUT2D eigenvalue weighted by Crippen LogP contribution is 2.22. The van der Waals surface area contributed by atoms with E-state index < -0.39 is 0 Å². The summed E-state index contributed by atoms with van der Waals surface area (Å²) in [7, 11) is 0. The Bertz CT molecular complexity index is 631. The molecule has 0 aliphatic carbocycles. The molecule has 4 nitrogen and oxygen atoms in total. The molecule has 0 bridgehead atoms. The molecule has 2 N–H and O–H groups in total. The zero-order valence-corrected chi connectivity index (χ0v) is 13.3. The Kier molecular flexibility index (Phi) is 6.52. The van der Waals surface area contributed by atoms with Gasteiger partial charge < -0.3 is 15.3 Å². The van der Waals surface area contributed by atoms with E-state index in [0.29, 0.717) is 23.2 Å². The van der Waals surface area contributed by atoms with Crippen LogP contribution in [0, 0.1) is 0 Å². The zero-order chi connectivity index (χ0) is 15.8. The lowest BCUT2D eigenvalue weighted by Gasteiger charge is -2.08. The van der Waals surface area contributed by atoms with Crippen molar-refractivity contribution < 1.29 is 9.84 Å². The second kappa shape index (κ2) is 8.63. The Morgan fingerprint density at radius 3 is 2.59 bits per heavy atom. The van der Waals surface area contributed by atoms with Crippen molar-refractivity contribution in [1.29, 1.82) is 0 Å². The van der Waals surface area contributed by atoms with Gasteiger partial charge in [0.2, 0.25) is 0 Å². The van der Waals surface area contributed by atoms with E-state index >= 15 is 0 Å². The summed E-state index contributed by atoms with van der Waals surface area (Å²) in [5, 5.41) is 13.8. The topological polar surface area (TPSA) is 53.8 Å². The first-order valence-corrected chi connectivity index (χ1v) is 7.48. The highest BCUT2D eigenvalue weighted by atomic mass is 35.5. The van der Waals surface area contributed by atoms with Gasteiger partial charge in [-0.2, -0.15) is 5.10 Å². The molecule has 116 valence electrons. The molecule has 2 aromatic carbocycles. The number of benzene rings is 2. The smallest absolute Gasteiger partial charge is 0.119 e. The van der Waals surface area contributed by atoms with Crippen molar-refractivity contribution in [2.24, 2.45) is 5.10 Å². The normalized spacial score (nSPS) is 10.9. The Morgan fingerprint density at radius 2 is 1.91 bits per heavy atom. The average molecular weight is 339 g/mol. The van der Waals surface area contributed by atoms with Crippen LogP contribution in [0.2, 0.25) is 10.0 Å². The zero-order valence-electron chi connectivity index (χ0n) is 11.8. The lowest BCUT2D eigenvalue weighted by Crippen LogP contribution is -2.11. The third-order valence-corrected chi connectivity index (χ3v) is 3.41. The van der Waals surface area contributed by atoms with Crippen LogP contribution >= 0.6 is 23.2 Å². The first-order chi connectivity index (χ1) is 10.7. The van der Waals surface area contributed by atoms with Crippen molar-refractivity contribution in [3.63, 3.8) is 0 Å². The van der Waals surface area contributed by atoms with Gasteiger partial charge >= 0.3 is 0 Å². The minimum absolute atomic E-state index is 0.0530. The van der Waals surface area contributed by atoms with Gasteiger partial charge in [-0.3, -0.25) is 0 Å². The first kappa shape index (κ1) is 16.6. The number of hydrogen-bond donors (Lipinski definition) is 2. The summed E-state index contributed by atoms with van der Waals surface area (Å²) < 4.78 is 5.69. The molecule has 2 aromatic rings. The number of nitrogens with zero attached hydrogens (tertiary/aromatic N) is 1. The summed E-state index contributed by atoms with van der Waals surface area (Å²) in [5.74, 6) is 0.742. The van der Waals surface area contributed by atoms with E-state index in [1.54, 1.807) is 18.3 Å². The van der Waals surface area contributed by atoms with Crippen molar-refractivity contribution in [2.45, 2.75) is 6.61 Å². The lowest BCUT2D eigenvalue weighted by atomic mass is 10.2. The molecule has 0 saturated carbocycles. The highest BCUT2D eigenvalue weighted by molar-refractivity contribution is 6.35. The SMILES string of the molecule is OCCNN=Cc1ccc(OCc2ccc(Cl)cc2Cl)cc1. The van der Waals surface area contributed by atoms with Crippen LogP contribution in [0.5, 0.6) is 5.75 Å². The molecule has 0 heterocycles. The average Bonchev–Trinajstić information content (AvgIpc) is 2.52. The van der Waals surface area contributed by atoms with E-state index in [1.807, 2.05) is 30.3 Å². The number of aliphatic hydroxyl groups excluding tert-OH is 1. The second-order valence-electron chi connectivity index (χ2n) is 4.48. The van der Waals surface area contributed by atoms with Crippen LogP contribution in [0.4, 0.5) is 0 Å². The van der Waals surface area contributed by atoms with Gasteiger partial charge in [0.05, 0.1) is 19.4 Å². The van der Waals surface area contributed by atoms with Crippen LogP contribution in [0.25, 0.3) is 0 Å². The van der Waals surface area contributed by atoms with Crippen molar-refractivity contribution in [3.05, 3.63) is 63.6 Å². The maximum atomic E-state index is 8.62. The van der Waals surface area contributed by atoms with Gasteiger partial charge in [0.1, 0.15) is 12.4 Å². The van der Waals surface area contributed by atoms with Gasteiger partial charge in [0, 0.05) is 15.6 Å². The second-order valence-corrected chi connectivity index (χ2v) is 5.33. The molecular weight excluding hydrogens is 323 g/mol. The van der Waals surface area contributed by atoms with E-state index in [1.165, 1.54) is 0 Å². The number of halogens is 2. The first-order valence-electron chi connectivity index (χ1n) is 6.72. The van der Waals surface area contributed by atoms with Gasteiger partial charge in [-0.25, -0.2) is 0 Å². The van der Waals surface area contributed by atoms with Gasteiger partial charge in [-0.15, -0.1) is 0 Å². The highest BCUT2D eigenvalue weighted by Gasteiger charge is 2.02. The van der Waals surface area contributed by atoms with Crippen LogP contribution in [0.15, 0.2) is 47.6 Å². The van der Waals surface area contributed by atoms with Crippen molar-refractivity contribution in [1.82, 2.24) is 5.43 Å². The molecule has 0 aromatic heterocycles. The van der Waals surface area contributed by atoms with Gasteiger partial charge in [-0.1, -0.05) is 29.3 Å². The Labute approximate surface area is 139 Å². The fraction of sp³-hybridized carbons (Fsp3) is 0.188. The maximum absolute atomic E-state index is 8.62. The van der Waals surface area contributed by atoms with E-state index in [-0.39, 0.29) is 6.61 Å². The van der Waals surface area contributed by atoms with Gasteiger partial charge in [-0.05, 0) is 42.0 Å². The molecule has 0 atom stereocenters. The minimum atomic E-state index is 0.0530. The molecule has 0 aliphatic heterocycles. The maximum Gasteiger partial charge on any atom is 0.119 e. The summed E-state index contributed by atoms with van der Waals surface area (Å²) >= 11 is 12.0. The van der Waals surface area contributed by atoms with Crippen LogP contribution in [0.1, 0.15) is 11.1 Å². The third-order valence-electron chi connectivity index (χ3n) is 2.82. The largest absolute Gasteiger partial charge is 0.489 e. The Morgan fingerprint density at radius 1 is 1.14 bits per heavy atom. The molecule has 0 unspecified atom stereocenters. The molecule has 0 fully saturated rings. The summed E-state index contributed by atoms with van der Waals surface area (Å²) in [6.45, 7) is 0.860. The number of ether oxygens (including phenoxy) is 1. The number of rotatable bonds is 7. The molecule has 0 aliphatic rings. The predicted octanol–water partition coefficient (Wildman–Crippen LogP) is 3.49. The van der Waals surface area contributed by atoms with E-state index in [4.69, 9.17) is 33.0 Å². The van der Waals surface area contributed by atoms with Crippen molar-refractivity contribution >= 4 is 29.4 Å². The molecule has 2 rings (SSSR count). The summed E-state index contributed by atoms with van der Waals surface area (Å²) in [4.78, 5) is 0. The fourth-order valence-corrected chi connectivity index (χ4v) is 2.15. The fourth-order valence-electron chi connectivity index (χ4n) is 1.68. The number of hydrogen-bond acceptors (Lipinski definition) is 4.